The highest BCUT2D eigenvalue weighted by atomic mass is 19.1. The maximum Gasteiger partial charge on any atom is 0.255 e. The van der Waals surface area contributed by atoms with Crippen molar-refractivity contribution in [3.05, 3.63) is 90.0 Å². The molecule has 0 aliphatic heterocycles. The van der Waals surface area contributed by atoms with Crippen molar-refractivity contribution in [3.8, 4) is 33.6 Å². The molecule has 0 bridgehead atoms. The maximum atomic E-state index is 13.6. The van der Waals surface area contributed by atoms with Gasteiger partial charge in [0.15, 0.2) is 0 Å². The van der Waals surface area contributed by atoms with Crippen molar-refractivity contribution in [1.29, 1.82) is 0 Å². The molecule has 2 heterocycles. The Hall–Kier alpha value is -4.72. The lowest BCUT2D eigenvalue weighted by atomic mass is 9.94. The van der Waals surface area contributed by atoms with Crippen LogP contribution in [0.1, 0.15) is 47.9 Å². The van der Waals surface area contributed by atoms with E-state index in [1.165, 1.54) is 12.1 Å². The first-order valence-electron chi connectivity index (χ1n) is 13.8. The second kappa shape index (κ2) is 11.8. The molecule has 0 aliphatic rings. The molecule has 2 aromatic heterocycles. The fraction of sp³-hybridized carbons (Fsp3) is 0.242. The maximum absolute atomic E-state index is 13.6. The van der Waals surface area contributed by atoms with Gasteiger partial charge in [0.05, 0.1) is 11.8 Å². The molecule has 5 aromatic rings. The Bertz CT molecular complexity index is 1720. The van der Waals surface area contributed by atoms with Crippen molar-refractivity contribution in [2.24, 2.45) is 5.92 Å². The van der Waals surface area contributed by atoms with Gasteiger partial charge in [0, 0.05) is 48.4 Å². The number of amides is 2. The summed E-state index contributed by atoms with van der Waals surface area (Å²) in [5.74, 6) is -0.172. The van der Waals surface area contributed by atoms with Crippen LogP contribution in [0, 0.1) is 11.7 Å². The SMILES string of the molecule is CCCn1cc(-c2ccc(-c3ccc4oc(-c5ccc(F)cc5)c(C(=O)NC)c4c3)cc2C(=O)NCC(C)C)cn1. The van der Waals surface area contributed by atoms with Gasteiger partial charge in [-0.3, -0.25) is 14.3 Å². The van der Waals surface area contributed by atoms with Gasteiger partial charge in [-0.1, -0.05) is 39.0 Å². The molecule has 210 valence electrons. The van der Waals surface area contributed by atoms with Crippen LogP contribution >= 0.6 is 0 Å². The monoisotopic (exact) mass is 552 g/mol. The number of benzene rings is 3. The summed E-state index contributed by atoms with van der Waals surface area (Å²) in [5.41, 5.74) is 5.35. The summed E-state index contributed by atoms with van der Waals surface area (Å²) in [7, 11) is 1.56. The predicted octanol–water partition coefficient (Wildman–Crippen LogP) is 6.92. The summed E-state index contributed by atoms with van der Waals surface area (Å²) in [6, 6.07) is 17.2. The Morgan fingerprint density at radius 1 is 0.951 bits per heavy atom. The van der Waals surface area contributed by atoms with E-state index in [2.05, 4.69) is 36.5 Å². The second-order valence-electron chi connectivity index (χ2n) is 10.5. The third-order valence-corrected chi connectivity index (χ3v) is 6.91. The van der Waals surface area contributed by atoms with Crippen molar-refractivity contribution in [1.82, 2.24) is 20.4 Å². The summed E-state index contributed by atoms with van der Waals surface area (Å²) in [4.78, 5) is 26.4. The molecule has 0 fully saturated rings. The number of aryl methyl sites for hydroxylation is 1. The molecule has 0 spiro atoms. The lowest BCUT2D eigenvalue weighted by molar-refractivity contribution is 0.0946. The minimum atomic E-state index is -0.372. The number of aromatic nitrogens is 2. The number of hydrogen-bond acceptors (Lipinski definition) is 4. The van der Waals surface area contributed by atoms with Crippen LogP contribution in [0.2, 0.25) is 0 Å². The Kier molecular flexibility index (Phi) is 8.01. The summed E-state index contributed by atoms with van der Waals surface area (Å²) in [5, 5.41) is 10.8. The van der Waals surface area contributed by atoms with Crippen LogP contribution < -0.4 is 10.6 Å². The smallest absolute Gasteiger partial charge is 0.255 e. The van der Waals surface area contributed by atoms with E-state index in [9.17, 15) is 14.0 Å². The predicted molar refractivity (Wildman–Crippen MR) is 159 cm³/mol. The third kappa shape index (κ3) is 5.77. The molecule has 3 aromatic carbocycles. The van der Waals surface area contributed by atoms with Gasteiger partial charge in [-0.25, -0.2) is 4.39 Å². The van der Waals surface area contributed by atoms with E-state index in [-0.39, 0.29) is 17.6 Å². The van der Waals surface area contributed by atoms with E-state index >= 15 is 0 Å². The van der Waals surface area contributed by atoms with Crippen LogP contribution in [-0.4, -0.2) is 35.2 Å². The van der Waals surface area contributed by atoms with E-state index in [1.54, 1.807) is 25.4 Å². The molecule has 0 saturated heterocycles. The molecule has 41 heavy (non-hydrogen) atoms. The Labute approximate surface area is 238 Å². The largest absolute Gasteiger partial charge is 0.455 e. The average Bonchev–Trinajstić information content (AvgIpc) is 3.60. The molecule has 2 N–H and O–H groups in total. The number of fused-ring (bicyclic) bond motifs is 1. The van der Waals surface area contributed by atoms with E-state index in [4.69, 9.17) is 4.42 Å². The summed E-state index contributed by atoms with van der Waals surface area (Å²) in [6.07, 6.45) is 4.70. The quantitative estimate of drug-likeness (QED) is 0.208. The molecule has 2 amide bonds. The van der Waals surface area contributed by atoms with Gasteiger partial charge in [0.1, 0.15) is 17.2 Å². The van der Waals surface area contributed by atoms with Crippen LogP contribution in [0.3, 0.4) is 0 Å². The van der Waals surface area contributed by atoms with Crippen molar-refractivity contribution in [3.63, 3.8) is 0 Å². The van der Waals surface area contributed by atoms with Gasteiger partial charge in [0.25, 0.3) is 11.8 Å². The standard InChI is InChI=1S/C33H33FN4O3/c1-5-14-38-19-24(18-37-38)26-12-8-22(15-27(26)32(39)36-17-20(2)3)23-9-13-29-28(16-23)30(33(40)35-4)31(41-29)21-6-10-25(34)11-7-21/h6-13,15-16,18-20H,5,14,17H2,1-4H3,(H,35,40)(H,36,39). The molecule has 0 radical (unpaired) electrons. The first-order chi connectivity index (χ1) is 19.8. The first-order valence-corrected chi connectivity index (χ1v) is 13.8. The molecular formula is C33H33FN4O3. The van der Waals surface area contributed by atoms with Crippen LogP contribution in [0.5, 0.6) is 0 Å². The van der Waals surface area contributed by atoms with E-state index in [0.29, 0.717) is 45.9 Å². The van der Waals surface area contributed by atoms with E-state index in [0.717, 1.165) is 35.2 Å². The Balaban J connectivity index is 1.62. The van der Waals surface area contributed by atoms with Crippen molar-refractivity contribution < 1.29 is 18.4 Å². The van der Waals surface area contributed by atoms with Crippen molar-refractivity contribution in [2.75, 3.05) is 13.6 Å². The summed E-state index contributed by atoms with van der Waals surface area (Å²) >= 11 is 0. The van der Waals surface area contributed by atoms with Crippen LogP contribution in [0.15, 0.2) is 77.5 Å². The highest BCUT2D eigenvalue weighted by molar-refractivity contribution is 6.12. The zero-order valence-corrected chi connectivity index (χ0v) is 23.6. The van der Waals surface area contributed by atoms with Gasteiger partial charge >= 0.3 is 0 Å². The normalized spacial score (nSPS) is 11.3. The number of nitrogens with one attached hydrogen (secondary N) is 2. The molecule has 5 rings (SSSR count). The van der Waals surface area contributed by atoms with Crippen molar-refractivity contribution in [2.45, 2.75) is 33.7 Å². The minimum absolute atomic E-state index is 0.159. The second-order valence-corrected chi connectivity index (χ2v) is 10.5. The fourth-order valence-corrected chi connectivity index (χ4v) is 4.84. The summed E-state index contributed by atoms with van der Waals surface area (Å²) < 4.78 is 21.6. The molecule has 0 unspecified atom stereocenters. The highest BCUT2D eigenvalue weighted by Gasteiger charge is 2.23. The fourth-order valence-electron chi connectivity index (χ4n) is 4.84. The molecular weight excluding hydrogens is 519 g/mol. The number of halogens is 1. The van der Waals surface area contributed by atoms with Crippen LogP contribution in [-0.2, 0) is 6.54 Å². The topological polar surface area (TPSA) is 89.2 Å². The summed E-state index contributed by atoms with van der Waals surface area (Å²) in [6.45, 7) is 7.55. The molecule has 0 aliphatic carbocycles. The minimum Gasteiger partial charge on any atom is -0.455 e. The number of carbonyl (C=O) groups is 2. The lowest BCUT2D eigenvalue weighted by Crippen LogP contribution is -2.27. The number of furan rings is 1. The molecule has 0 saturated carbocycles. The van der Waals surface area contributed by atoms with E-state index in [1.807, 2.05) is 47.3 Å². The molecule has 0 atom stereocenters. The number of carbonyl (C=O) groups excluding carboxylic acids is 2. The Morgan fingerprint density at radius 3 is 2.37 bits per heavy atom. The van der Waals surface area contributed by atoms with Gasteiger partial charge in [0.2, 0.25) is 0 Å². The number of rotatable bonds is 9. The zero-order valence-electron chi connectivity index (χ0n) is 23.6. The van der Waals surface area contributed by atoms with Crippen LogP contribution in [0.4, 0.5) is 4.39 Å². The number of nitrogens with zero attached hydrogens (tertiary/aromatic N) is 2. The Morgan fingerprint density at radius 2 is 1.66 bits per heavy atom. The van der Waals surface area contributed by atoms with Gasteiger partial charge < -0.3 is 15.1 Å². The van der Waals surface area contributed by atoms with Gasteiger partial charge in [-0.15, -0.1) is 0 Å². The van der Waals surface area contributed by atoms with Gasteiger partial charge in [-0.2, -0.15) is 5.10 Å². The zero-order chi connectivity index (χ0) is 29.1. The highest BCUT2D eigenvalue weighted by Crippen LogP contribution is 2.37. The number of hydrogen-bond donors (Lipinski definition) is 2. The molecule has 8 heteroatoms. The van der Waals surface area contributed by atoms with Gasteiger partial charge in [-0.05, 0) is 71.5 Å². The van der Waals surface area contributed by atoms with Crippen LogP contribution in [0.25, 0.3) is 44.5 Å². The molecule has 7 nitrogen and oxygen atoms in total. The van der Waals surface area contributed by atoms with E-state index < -0.39 is 0 Å². The first kappa shape index (κ1) is 27.8. The average molecular weight is 553 g/mol. The lowest BCUT2D eigenvalue weighted by Gasteiger charge is -2.13. The van der Waals surface area contributed by atoms with Crippen molar-refractivity contribution >= 4 is 22.8 Å². The third-order valence-electron chi connectivity index (χ3n) is 6.91.